The molecule has 4 rings (SSSR count). The number of nitrogens with one attached hydrogen (secondary N) is 2. The molecule has 0 unspecified atom stereocenters. The molecule has 3 aromatic rings. The van der Waals surface area contributed by atoms with E-state index in [0.717, 1.165) is 23.9 Å². The highest BCUT2D eigenvalue weighted by molar-refractivity contribution is 6.05. The number of rotatable bonds is 7. The first-order valence-corrected chi connectivity index (χ1v) is 9.15. The third-order valence-electron chi connectivity index (χ3n) is 4.51. The summed E-state index contributed by atoms with van der Waals surface area (Å²) in [6.45, 7) is -0.103. The Morgan fingerprint density at radius 1 is 1.25 bits per heavy atom. The Labute approximate surface area is 161 Å². The lowest BCUT2D eigenvalue weighted by Gasteiger charge is -2.12. The molecule has 144 valence electrons. The molecule has 0 aliphatic heterocycles. The van der Waals surface area contributed by atoms with Gasteiger partial charge >= 0.3 is 0 Å². The minimum atomic E-state index is -0.298. The normalized spacial score (nSPS) is 13.9. The van der Waals surface area contributed by atoms with Gasteiger partial charge in [-0.15, -0.1) is 0 Å². The first-order chi connectivity index (χ1) is 13.7. The summed E-state index contributed by atoms with van der Waals surface area (Å²) < 4.78 is 18.8. The van der Waals surface area contributed by atoms with Gasteiger partial charge in [-0.3, -0.25) is 9.89 Å². The van der Waals surface area contributed by atoms with E-state index in [2.05, 4.69) is 15.5 Å². The number of aromatic nitrogens is 2. The van der Waals surface area contributed by atoms with Crippen LogP contribution in [0, 0.1) is 5.82 Å². The van der Waals surface area contributed by atoms with Crippen molar-refractivity contribution in [2.75, 3.05) is 13.2 Å². The van der Waals surface area contributed by atoms with Crippen molar-refractivity contribution in [2.24, 2.45) is 0 Å². The van der Waals surface area contributed by atoms with Crippen molar-refractivity contribution in [3.63, 3.8) is 0 Å². The SMILES string of the molecule is O=C(NC1CC1)c1ccc2[nH]nc(C=Cc3ccc(F)cc3)c2c1OCCO. The summed E-state index contributed by atoms with van der Waals surface area (Å²) in [5.41, 5.74) is 2.53. The number of aromatic amines is 1. The Balaban J connectivity index is 1.73. The molecule has 1 amide bonds. The quantitative estimate of drug-likeness (QED) is 0.587. The van der Waals surface area contributed by atoms with Crippen molar-refractivity contribution < 1.29 is 19.0 Å². The third-order valence-corrected chi connectivity index (χ3v) is 4.51. The standard InChI is InChI=1S/C21H20FN3O3/c22-14-4-1-13(2-5-14)3-9-17-19-18(25-24-17)10-8-16(20(19)28-12-11-26)21(27)23-15-6-7-15/h1-5,8-10,15,26H,6-7,11-12H2,(H,23,27)(H,24,25). The highest BCUT2D eigenvalue weighted by atomic mass is 19.1. The Kier molecular flexibility index (Phi) is 5.08. The van der Waals surface area contributed by atoms with Gasteiger partial charge in [-0.05, 0) is 48.7 Å². The fourth-order valence-electron chi connectivity index (χ4n) is 2.94. The number of carbonyl (C=O) groups excluding carboxylic acids is 1. The van der Waals surface area contributed by atoms with Gasteiger partial charge < -0.3 is 15.2 Å². The average Bonchev–Trinajstić information content (AvgIpc) is 3.42. The molecule has 0 atom stereocenters. The Morgan fingerprint density at radius 3 is 2.75 bits per heavy atom. The lowest BCUT2D eigenvalue weighted by molar-refractivity contribution is 0.0945. The van der Waals surface area contributed by atoms with Crippen molar-refractivity contribution in [1.29, 1.82) is 0 Å². The van der Waals surface area contributed by atoms with Crippen LogP contribution in [0.1, 0.15) is 34.5 Å². The smallest absolute Gasteiger partial charge is 0.255 e. The van der Waals surface area contributed by atoms with Gasteiger partial charge in [0.15, 0.2) is 0 Å². The van der Waals surface area contributed by atoms with E-state index >= 15 is 0 Å². The first-order valence-electron chi connectivity index (χ1n) is 9.15. The molecule has 7 heteroatoms. The van der Waals surface area contributed by atoms with Crippen molar-refractivity contribution in [3.05, 3.63) is 59.0 Å². The summed E-state index contributed by atoms with van der Waals surface area (Å²) in [6.07, 6.45) is 5.55. The molecule has 0 saturated heterocycles. The number of fused-ring (bicyclic) bond motifs is 1. The fraction of sp³-hybridized carbons (Fsp3) is 0.238. The second-order valence-electron chi connectivity index (χ2n) is 6.68. The van der Waals surface area contributed by atoms with Crippen LogP contribution in [0.25, 0.3) is 23.1 Å². The molecule has 28 heavy (non-hydrogen) atoms. The number of benzene rings is 2. The van der Waals surface area contributed by atoms with E-state index in [1.54, 1.807) is 30.3 Å². The molecule has 1 aliphatic carbocycles. The molecule has 1 saturated carbocycles. The van der Waals surface area contributed by atoms with E-state index in [4.69, 9.17) is 4.74 Å². The van der Waals surface area contributed by atoms with Gasteiger partial charge in [-0.25, -0.2) is 4.39 Å². The Morgan fingerprint density at radius 2 is 2.04 bits per heavy atom. The summed E-state index contributed by atoms with van der Waals surface area (Å²) in [6, 6.07) is 9.80. The predicted molar refractivity (Wildman–Crippen MR) is 104 cm³/mol. The van der Waals surface area contributed by atoms with Crippen molar-refractivity contribution >= 4 is 29.0 Å². The van der Waals surface area contributed by atoms with Crippen LogP contribution in [-0.2, 0) is 0 Å². The maximum Gasteiger partial charge on any atom is 0.255 e. The van der Waals surface area contributed by atoms with Crippen LogP contribution >= 0.6 is 0 Å². The molecule has 1 heterocycles. The number of aliphatic hydroxyl groups excluding tert-OH is 1. The summed E-state index contributed by atoms with van der Waals surface area (Å²) in [5.74, 6) is -0.113. The van der Waals surface area contributed by atoms with Crippen LogP contribution in [0.15, 0.2) is 36.4 Å². The number of aliphatic hydroxyl groups is 1. The zero-order valence-electron chi connectivity index (χ0n) is 15.1. The number of carbonyl (C=O) groups is 1. The number of nitrogens with zero attached hydrogens (tertiary/aromatic N) is 1. The van der Waals surface area contributed by atoms with E-state index in [1.807, 2.05) is 6.08 Å². The van der Waals surface area contributed by atoms with Crippen molar-refractivity contribution in [1.82, 2.24) is 15.5 Å². The minimum absolute atomic E-state index is 0.0646. The number of ether oxygens (including phenoxy) is 1. The number of H-pyrrole nitrogens is 1. The van der Waals surface area contributed by atoms with Gasteiger partial charge in [0.1, 0.15) is 18.2 Å². The second-order valence-corrected chi connectivity index (χ2v) is 6.68. The van der Waals surface area contributed by atoms with Crippen molar-refractivity contribution in [3.8, 4) is 5.75 Å². The highest BCUT2D eigenvalue weighted by Gasteiger charge is 2.26. The van der Waals surface area contributed by atoms with Gasteiger partial charge in [-0.2, -0.15) is 5.10 Å². The van der Waals surface area contributed by atoms with E-state index in [-0.39, 0.29) is 31.0 Å². The van der Waals surface area contributed by atoms with E-state index in [9.17, 15) is 14.3 Å². The zero-order chi connectivity index (χ0) is 19.5. The lowest BCUT2D eigenvalue weighted by Crippen LogP contribution is -2.26. The molecule has 0 spiro atoms. The second kappa shape index (κ2) is 7.82. The van der Waals surface area contributed by atoms with Gasteiger partial charge in [0.2, 0.25) is 0 Å². The van der Waals surface area contributed by atoms with Crippen LogP contribution in [0.4, 0.5) is 4.39 Å². The van der Waals surface area contributed by atoms with E-state index in [1.165, 1.54) is 12.1 Å². The van der Waals surface area contributed by atoms with Gasteiger partial charge in [0.05, 0.1) is 28.8 Å². The Bertz CT molecular complexity index is 1020. The Hall–Kier alpha value is -3.19. The molecular weight excluding hydrogens is 361 g/mol. The monoisotopic (exact) mass is 381 g/mol. The topological polar surface area (TPSA) is 87.2 Å². The van der Waals surface area contributed by atoms with Crippen LogP contribution < -0.4 is 10.1 Å². The first kappa shape index (κ1) is 18.2. The number of hydrogen-bond acceptors (Lipinski definition) is 4. The molecule has 6 nitrogen and oxygen atoms in total. The van der Waals surface area contributed by atoms with E-state index < -0.39 is 0 Å². The summed E-state index contributed by atoms with van der Waals surface area (Å²) in [7, 11) is 0. The number of halogens is 1. The molecule has 1 fully saturated rings. The number of amides is 1. The summed E-state index contributed by atoms with van der Waals surface area (Å²) in [4.78, 5) is 12.6. The van der Waals surface area contributed by atoms with Crippen LogP contribution in [0.3, 0.4) is 0 Å². The van der Waals surface area contributed by atoms with Crippen LogP contribution in [0.5, 0.6) is 5.75 Å². The van der Waals surface area contributed by atoms with E-state index in [0.29, 0.717) is 22.4 Å². The highest BCUT2D eigenvalue weighted by Crippen LogP contribution is 2.33. The summed E-state index contributed by atoms with van der Waals surface area (Å²) >= 11 is 0. The predicted octanol–water partition coefficient (Wildman–Crippen LogP) is 3.14. The number of hydrogen-bond donors (Lipinski definition) is 3. The molecule has 1 aliphatic rings. The van der Waals surface area contributed by atoms with Crippen molar-refractivity contribution in [2.45, 2.75) is 18.9 Å². The lowest BCUT2D eigenvalue weighted by atomic mass is 10.1. The molecular formula is C21H20FN3O3. The van der Waals surface area contributed by atoms with Gasteiger partial charge in [0.25, 0.3) is 5.91 Å². The van der Waals surface area contributed by atoms with Gasteiger partial charge in [0, 0.05) is 6.04 Å². The molecule has 0 radical (unpaired) electrons. The zero-order valence-corrected chi connectivity index (χ0v) is 15.1. The average molecular weight is 381 g/mol. The molecule has 3 N–H and O–H groups in total. The molecule has 2 aromatic carbocycles. The van der Waals surface area contributed by atoms with Gasteiger partial charge in [-0.1, -0.05) is 18.2 Å². The maximum atomic E-state index is 13.1. The molecule has 1 aromatic heterocycles. The third kappa shape index (κ3) is 3.89. The maximum absolute atomic E-state index is 13.1. The molecule has 0 bridgehead atoms. The largest absolute Gasteiger partial charge is 0.490 e. The fourth-order valence-corrected chi connectivity index (χ4v) is 2.94. The van der Waals surface area contributed by atoms with Crippen LogP contribution in [0.2, 0.25) is 0 Å². The van der Waals surface area contributed by atoms with Crippen LogP contribution in [-0.4, -0.2) is 40.5 Å². The summed E-state index contributed by atoms with van der Waals surface area (Å²) in [5, 5.41) is 20.1. The minimum Gasteiger partial charge on any atom is -0.490 e.